The summed E-state index contributed by atoms with van der Waals surface area (Å²) in [5.74, 6) is 0. The Morgan fingerprint density at radius 2 is 2.16 bits per heavy atom. The topological polar surface area (TPSA) is 21.3 Å². The van der Waals surface area contributed by atoms with Crippen LogP contribution < -0.4 is 5.32 Å². The SMILES string of the molecule is Cc1ccc([C@@]23CCCO[C@@H]2Nc2ccccc23)s1. The number of hydrogen-bond acceptors (Lipinski definition) is 3. The van der Waals surface area contributed by atoms with Crippen LogP contribution >= 0.6 is 11.3 Å². The molecule has 4 rings (SSSR count). The van der Waals surface area contributed by atoms with E-state index in [9.17, 15) is 0 Å². The fourth-order valence-corrected chi connectivity index (χ4v) is 4.59. The molecule has 2 aliphatic rings. The molecule has 2 aromatic rings. The number of fused-ring (bicyclic) bond motifs is 3. The highest BCUT2D eigenvalue weighted by molar-refractivity contribution is 7.12. The van der Waals surface area contributed by atoms with Crippen LogP contribution in [0.15, 0.2) is 36.4 Å². The summed E-state index contributed by atoms with van der Waals surface area (Å²) in [6.45, 7) is 3.04. The molecule has 0 saturated carbocycles. The van der Waals surface area contributed by atoms with Crippen molar-refractivity contribution in [2.45, 2.75) is 31.4 Å². The molecule has 0 radical (unpaired) electrons. The Labute approximate surface area is 117 Å². The summed E-state index contributed by atoms with van der Waals surface area (Å²) in [6, 6.07) is 13.2. The summed E-state index contributed by atoms with van der Waals surface area (Å²) in [6.07, 6.45) is 2.39. The van der Waals surface area contributed by atoms with E-state index in [-0.39, 0.29) is 11.6 Å². The van der Waals surface area contributed by atoms with Gasteiger partial charge in [0.25, 0.3) is 0 Å². The Balaban J connectivity index is 1.94. The smallest absolute Gasteiger partial charge is 0.142 e. The molecule has 0 spiro atoms. The molecule has 3 heterocycles. The van der Waals surface area contributed by atoms with Crippen LogP contribution in [-0.2, 0) is 10.2 Å². The van der Waals surface area contributed by atoms with Crippen LogP contribution in [0.25, 0.3) is 0 Å². The van der Waals surface area contributed by atoms with E-state index >= 15 is 0 Å². The van der Waals surface area contributed by atoms with Gasteiger partial charge in [-0.2, -0.15) is 0 Å². The summed E-state index contributed by atoms with van der Waals surface area (Å²) < 4.78 is 6.05. The number of para-hydroxylation sites is 1. The Morgan fingerprint density at radius 1 is 1.26 bits per heavy atom. The molecule has 98 valence electrons. The van der Waals surface area contributed by atoms with E-state index in [2.05, 4.69) is 48.6 Å². The summed E-state index contributed by atoms with van der Waals surface area (Å²) in [4.78, 5) is 2.81. The third-order valence-electron chi connectivity index (χ3n) is 4.32. The van der Waals surface area contributed by atoms with Gasteiger partial charge in [0.15, 0.2) is 0 Å². The van der Waals surface area contributed by atoms with Crippen molar-refractivity contribution in [2.75, 3.05) is 11.9 Å². The Hall–Kier alpha value is -1.32. The molecule has 1 saturated heterocycles. The van der Waals surface area contributed by atoms with E-state index in [1.807, 2.05) is 11.3 Å². The molecule has 0 aliphatic carbocycles. The van der Waals surface area contributed by atoms with Gasteiger partial charge >= 0.3 is 0 Å². The molecule has 0 bridgehead atoms. The van der Waals surface area contributed by atoms with E-state index in [1.165, 1.54) is 27.4 Å². The van der Waals surface area contributed by atoms with Crippen LogP contribution in [0.4, 0.5) is 5.69 Å². The fourth-order valence-electron chi connectivity index (χ4n) is 3.46. The molecule has 19 heavy (non-hydrogen) atoms. The zero-order chi connectivity index (χ0) is 12.9. The second-order valence-electron chi connectivity index (χ2n) is 5.43. The number of rotatable bonds is 1. The zero-order valence-electron chi connectivity index (χ0n) is 11.0. The molecule has 3 heteroatoms. The van der Waals surface area contributed by atoms with Gasteiger partial charge in [-0.3, -0.25) is 0 Å². The van der Waals surface area contributed by atoms with Crippen molar-refractivity contribution in [1.29, 1.82) is 0 Å². The maximum Gasteiger partial charge on any atom is 0.142 e. The maximum absolute atomic E-state index is 6.05. The molecular weight excluding hydrogens is 254 g/mol. The summed E-state index contributed by atoms with van der Waals surface area (Å²) in [5.41, 5.74) is 2.66. The van der Waals surface area contributed by atoms with Crippen molar-refractivity contribution in [2.24, 2.45) is 0 Å². The Morgan fingerprint density at radius 3 is 3.00 bits per heavy atom. The van der Waals surface area contributed by atoms with Crippen LogP contribution in [-0.4, -0.2) is 12.8 Å². The second-order valence-corrected chi connectivity index (χ2v) is 6.71. The van der Waals surface area contributed by atoms with Crippen molar-refractivity contribution in [3.05, 3.63) is 51.7 Å². The summed E-state index contributed by atoms with van der Waals surface area (Å²) in [5, 5.41) is 3.57. The van der Waals surface area contributed by atoms with Gasteiger partial charge < -0.3 is 10.1 Å². The lowest BCUT2D eigenvalue weighted by atomic mass is 9.74. The fraction of sp³-hybridized carbons (Fsp3) is 0.375. The Bertz CT molecular complexity index is 621. The lowest BCUT2D eigenvalue weighted by Crippen LogP contribution is -2.44. The predicted molar refractivity (Wildman–Crippen MR) is 78.9 cm³/mol. The van der Waals surface area contributed by atoms with Gasteiger partial charge in [-0.15, -0.1) is 11.3 Å². The maximum atomic E-state index is 6.05. The molecule has 1 aromatic carbocycles. The first-order valence-electron chi connectivity index (χ1n) is 6.85. The van der Waals surface area contributed by atoms with Gasteiger partial charge in [0.2, 0.25) is 0 Å². The minimum Gasteiger partial charge on any atom is -0.359 e. The Kier molecular flexibility index (Phi) is 2.47. The second kappa shape index (κ2) is 4.09. The molecule has 0 amide bonds. The monoisotopic (exact) mass is 271 g/mol. The minimum absolute atomic E-state index is 0.0216. The lowest BCUT2D eigenvalue weighted by Gasteiger charge is -2.38. The van der Waals surface area contributed by atoms with Crippen molar-refractivity contribution >= 4 is 17.0 Å². The average Bonchev–Trinajstić information content (AvgIpc) is 3.00. The lowest BCUT2D eigenvalue weighted by molar-refractivity contribution is -0.00449. The third kappa shape index (κ3) is 1.52. The normalized spacial score (nSPS) is 28.6. The number of hydrogen-bond donors (Lipinski definition) is 1. The predicted octanol–water partition coefficient (Wildman–Crippen LogP) is 3.90. The van der Waals surface area contributed by atoms with Gasteiger partial charge in [-0.1, -0.05) is 18.2 Å². The highest BCUT2D eigenvalue weighted by Crippen LogP contribution is 2.52. The van der Waals surface area contributed by atoms with Crippen molar-refractivity contribution in [1.82, 2.24) is 0 Å². The van der Waals surface area contributed by atoms with Gasteiger partial charge in [-0.05, 0) is 43.5 Å². The molecule has 2 aliphatic heterocycles. The number of anilines is 1. The molecular formula is C16H17NOS. The van der Waals surface area contributed by atoms with E-state index in [1.54, 1.807) is 0 Å². The number of benzene rings is 1. The van der Waals surface area contributed by atoms with E-state index in [4.69, 9.17) is 4.74 Å². The highest BCUT2D eigenvalue weighted by atomic mass is 32.1. The van der Waals surface area contributed by atoms with Crippen LogP contribution in [0.5, 0.6) is 0 Å². The van der Waals surface area contributed by atoms with Gasteiger partial charge in [0.1, 0.15) is 6.23 Å². The minimum atomic E-state index is 0.0216. The quantitative estimate of drug-likeness (QED) is 0.849. The molecule has 2 atom stereocenters. The molecule has 1 fully saturated rings. The van der Waals surface area contributed by atoms with Gasteiger partial charge in [0.05, 0.1) is 5.41 Å². The number of ether oxygens (including phenoxy) is 1. The number of nitrogens with one attached hydrogen (secondary N) is 1. The van der Waals surface area contributed by atoms with Crippen molar-refractivity contribution < 1.29 is 4.74 Å². The van der Waals surface area contributed by atoms with Gasteiger partial charge in [0, 0.05) is 22.0 Å². The highest BCUT2D eigenvalue weighted by Gasteiger charge is 2.51. The van der Waals surface area contributed by atoms with E-state index in [0.29, 0.717) is 0 Å². The summed E-state index contributed by atoms with van der Waals surface area (Å²) in [7, 11) is 0. The first kappa shape index (κ1) is 11.5. The molecule has 1 N–H and O–H groups in total. The summed E-state index contributed by atoms with van der Waals surface area (Å²) >= 11 is 1.91. The molecule has 0 unspecified atom stereocenters. The largest absolute Gasteiger partial charge is 0.359 e. The first-order chi connectivity index (χ1) is 9.30. The van der Waals surface area contributed by atoms with Crippen LogP contribution in [0.1, 0.15) is 28.2 Å². The van der Waals surface area contributed by atoms with E-state index < -0.39 is 0 Å². The molecule has 1 aromatic heterocycles. The van der Waals surface area contributed by atoms with Crippen LogP contribution in [0.3, 0.4) is 0 Å². The number of thiophene rings is 1. The first-order valence-corrected chi connectivity index (χ1v) is 7.67. The van der Waals surface area contributed by atoms with E-state index in [0.717, 1.165) is 13.0 Å². The average molecular weight is 271 g/mol. The van der Waals surface area contributed by atoms with Crippen molar-refractivity contribution in [3.63, 3.8) is 0 Å². The zero-order valence-corrected chi connectivity index (χ0v) is 11.8. The molecule has 2 nitrogen and oxygen atoms in total. The van der Waals surface area contributed by atoms with Crippen LogP contribution in [0.2, 0.25) is 0 Å². The van der Waals surface area contributed by atoms with Gasteiger partial charge in [-0.25, -0.2) is 0 Å². The van der Waals surface area contributed by atoms with Crippen LogP contribution in [0, 0.1) is 6.92 Å². The third-order valence-corrected chi connectivity index (χ3v) is 5.50. The number of aryl methyl sites for hydroxylation is 1. The van der Waals surface area contributed by atoms with Crippen molar-refractivity contribution in [3.8, 4) is 0 Å². The standard InChI is InChI=1S/C16H17NOS/c1-11-7-8-14(19-11)16-9-4-10-18-15(16)17-13-6-3-2-5-12(13)16/h2-3,5-8,15,17H,4,9-10H2,1H3/t15-,16-/m0/s1.